The maximum atomic E-state index is 11.8. The van der Waals surface area contributed by atoms with Crippen LogP contribution in [0.25, 0.3) is 0 Å². The van der Waals surface area contributed by atoms with Gasteiger partial charge in [-0.2, -0.15) is 0 Å². The number of hydrogen-bond acceptors (Lipinski definition) is 3. The van der Waals surface area contributed by atoms with E-state index in [-0.39, 0.29) is 23.3 Å². The number of nitrogens with zero attached hydrogens (tertiary/aromatic N) is 1. The maximum Gasteiger partial charge on any atom is 0.224 e. The molecule has 100 valence electrons. The van der Waals surface area contributed by atoms with Crippen molar-refractivity contribution < 1.29 is 9.59 Å². The van der Waals surface area contributed by atoms with Crippen molar-refractivity contribution in [2.75, 3.05) is 20.6 Å². The van der Waals surface area contributed by atoms with Gasteiger partial charge in [-0.05, 0) is 20.3 Å². The van der Waals surface area contributed by atoms with E-state index in [0.29, 0.717) is 19.4 Å². The first-order valence-corrected chi connectivity index (χ1v) is 5.92. The number of nitrogens with two attached hydrogens (primary N) is 1. The summed E-state index contributed by atoms with van der Waals surface area (Å²) in [6.07, 6.45) is 1.06. The molecule has 0 fully saturated rings. The lowest BCUT2D eigenvalue weighted by atomic mass is 9.99. The standard InChI is InChI=1S/C12H25N3O2/c1-9(11(17)14-4)8-15(5)10(16)6-7-12(2,3)13/h9H,6-8,13H2,1-5H3,(H,14,17). The summed E-state index contributed by atoms with van der Waals surface area (Å²) in [5, 5.41) is 2.57. The Labute approximate surface area is 104 Å². The van der Waals surface area contributed by atoms with Gasteiger partial charge in [-0.25, -0.2) is 0 Å². The highest BCUT2D eigenvalue weighted by molar-refractivity contribution is 5.80. The molecular weight excluding hydrogens is 218 g/mol. The maximum absolute atomic E-state index is 11.8. The molecule has 0 radical (unpaired) electrons. The lowest BCUT2D eigenvalue weighted by molar-refractivity contribution is -0.132. The minimum Gasteiger partial charge on any atom is -0.359 e. The SMILES string of the molecule is CNC(=O)C(C)CN(C)C(=O)CCC(C)(C)N. The number of nitrogens with one attached hydrogen (secondary N) is 1. The summed E-state index contributed by atoms with van der Waals surface area (Å²) in [5.41, 5.74) is 5.49. The van der Waals surface area contributed by atoms with E-state index >= 15 is 0 Å². The number of hydrogen-bond donors (Lipinski definition) is 2. The molecular formula is C12H25N3O2. The van der Waals surface area contributed by atoms with Gasteiger partial charge in [0.25, 0.3) is 0 Å². The first-order chi connectivity index (χ1) is 7.67. The zero-order chi connectivity index (χ0) is 13.6. The zero-order valence-corrected chi connectivity index (χ0v) is 11.5. The van der Waals surface area contributed by atoms with Crippen LogP contribution in [0.1, 0.15) is 33.6 Å². The van der Waals surface area contributed by atoms with Crippen molar-refractivity contribution in [3.63, 3.8) is 0 Å². The van der Waals surface area contributed by atoms with Crippen LogP contribution in [0.15, 0.2) is 0 Å². The van der Waals surface area contributed by atoms with E-state index in [4.69, 9.17) is 5.73 Å². The van der Waals surface area contributed by atoms with Crippen LogP contribution in [0.4, 0.5) is 0 Å². The summed E-state index contributed by atoms with van der Waals surface area (Å²) in [6, 6.07) is 0. The van der Waals surface area contributed by atoms with Crippen LogP contribution >= 0.6 is 0 Å². The second kappa shape index (κ2) is 6.59. The van der Waals surface area contributed by atoms with Crippen molar-refractivity contribution >= 4 is 11.8 Å². The molecule has 1 atom stereocenters. The minimum absolute atomic E-state index is 0.0271. The third-order valence-electron chi connectivity index (χ3n) is 2.65. The Bertz CT molecular complexity index is 271. The average Bonchev–Trinajstić information content (AvgIpc) is 2.23. The van der Waals surface area contributed by atoms with Crippen LogP contribution in [-0.2, 0) is 9.59 Å². The zero-order valence-electron chi connectivity index (χ0n) is 11.5. The average molecular weight is 243 g/mol. The van der Waals surface area contributed by atoms with Crippen LogP contribution in [0, 0.1) is 5.92 Å². The van der Waals surface area contributed by atoms with Gasteiger partial charge in [0, 0.05) is 32.6 Å². The van der Waals surface area contributed by atoms with Crippen LogP contribution in [0.5, 0.6) is 0 Å². The lowest BCUT2D eigenvalue weighted by Gasteiger charge is -2.23. The molecule has 3 N–H and O–H groups in total. The highest BCUT2D eigenvalue weighted by Gasteiger charge is 2.19. The van der Waals surface area contributed by atoms with Gasteiger partial charge in [-0.3, -0.25) is 9.59 Å². The minimum atomic E-state index is -0.330. The Hall–Kier alpha value is -1.10. The molecule has 0 aromatic heterocycles. The van der Waals surface area contributed by atoms with E-state index in [0.717, 1.165) is 0 Å². The van der Waals surface area contributed by atoms with Crippen molar-refractivity contribution in [1.29, 1.82) is 0 Å². The molecule has 17 heavy (non-hydrogen) atoms. The normalized spacial score (nSPS) is 13.1. The number of carbonyl (C=O) groups excluding carboxylic acids is 2. The first-order valence-electron chi connectivity index (χ1n) is 5.92. The fourth-order valence-electron chi connectivity index (χ4n) is 1.46. The Kier molecular flexibility index (Phi) is 6.16. The molecule has 0 rings (SSSR count). The molecule has 0 aliphatic heterocycles. The van der Waals surface area contributed by atoms with Crippen LogP contribution < -0.4 is 11.1 Å². The van der Waals surface area contributed by atoms with Gasteiger partial charge in [0.1, 0.15) is 0 Å². The summed E-state index contributed by atoms with van der Waals surface area (Å²) in [4.78, 5) is 24.7. The molecule has 0 heterocycles. The quantitative estimate of drug-likeness (QED) is 0.706. The van der Waals surface area contributed by atoms with Gasteiger partial charge >= 0.3 is 0 Å². The molecule has 2 amide bonds. The Morgan fingerprint density at radius 2 is 1.94 bits per heavy atom. The van der Waals surface area contributed by atoms with Crippen molar-refractivity contribution in [2.24, 2.45) is 11.7 Å². The molecule has 0 aliphatic carbocycles. The highest BCUT2D eigenvalue weighted by Crippen LogP contribution is 2.09. The summed E-state index contributed by atoms with van der Waals surface area (Å²) in [5.74, 6) is -0.220. The molecule has 0 aromatic rings. The van der Waals surface area contributed by atoms with Gasteiger partial charge in [0.2, 0.25) is 11.8 Å². The van der Waals surface area contributed by atoms with E-state index in [1.54, 1.807) is 25.9 Å². The Morgan fingerprint density at radius 1 is 1.41 bits per heavy atom. The molecule has 0 saturated carbocycles. The highest BCUT2D eigenvalue weighted by atomic mass is 16.2. The molecule has 1 unspecified atom stereocenters. The number of amides is 2. The summed E-state index contributed by atoms with van der Waals surface area (Å²) < 4.78 is 0. The summed E-state index contributed by atoms with van der Waals surface area (Å²) in [6.45, 7) is 6.03. The molecule has 0 aromatic carbocycles. The van der Waals surface area contributed by atoms with Crippen LogP contribution in [-0.4, -0.2) is 42.9 Å². The lowest BCUT2D eigenvalue weighted by Crippen LogP contribution is -2.39. The van der Waals surface area contributed by atoms with Gasteiger partial charge in [0.05, 0.1) is 5.92 Å². The van der Waals surface area contributed by atoms with Gasteiger partial charge in [-0.1, -0.05) is 6.92 Å². The van der Waals surface area contributed by atoms with E-state index in [2.05, 4.69) is 5.32 Å². The second-order valence-corrected chi connectivity index (χ2v) is 5.28. The largest absolute Gasteiger partial charge is 0.359 e. The van der Waals surface area contributed by atoms with Gasteiger partial charge < -0.3 is 16.0 Å². The molecule has 0 aliphatic rings. The molecule has 5 nitrogen and oxygen atoms in total. The van der Waals surface area contributed by atoms with E-state index in [1.807, 2.05) is 13.8 Å². The van der Waals surface area contributed by atoms with Gasteiger partial charge in [0.15, 0.2) is 0 Å². The van der Waals surface area contributed by atoms with Crippen molar-refractivity contribution in [3.05, 3.63) is 0 Å². The van der Waals surface area contributed by atoms with Crippen LogP contribution in [0.3, 0.4) is 0 Å². The smallest absolute Gasteiger partial charge is 0.224 e. The third-order valence-corrected chi connectivity index (χ3v) is 2.65. The van der Waals surface area contributed by atoms with Crippen LogP contribution in [0.2, 0.25) is 0 Å². The number of rotatable bonds is 6. The fourth-order valence-corrected chi connectivity index (χ4v) is 1.46. The molecule has 0 bridgehead atoms. The van der Waals surface area contributed by atoms with E-state index < -0.39 is 0 Å². The fraction of sp³-hybridized carbons (Fsp3) is 0.833. The predicted molar refractivity (Wildman–Crippen MR) is 68.4 cm³/mol. The van der Waals surface area contributed by atoms with Crippen molar-refractivity contribution in [3.8, 4) is 0 Å². The Balaban J connectivity index is 4.10. The summed E-state index contributed by atoms with van der Waals surface area (Å²) >= 11 is 0. The van der Waals surface area contributed by atoms with E-state index in [1.165, 1.54) is 0 Å². The third kappa shape index (κ3) is 6.94. The van der Waals surface area contributed by atoms with E-state index in [9.17, 15) is 9.59 Å². The molecule has 0 saturated heterocycles. The topological polar surface area (TPSA) is 75.4 Å². The monoisotopic (exact) mass is 243 g/mol. The number of carbonyl (C=O) groups is 2. The summed E-state index contributed by atoms with van der Waals surface area (Å²) in [7, 11) is 3.31. The first kappa shape index (κ1) is 15.9. The van der Waals surface area contributed by atoms with Gasteiger partial charge in [-0.15, -0.1) is 0 Å². The van der Waals surface area contributed by atoms with Crippen molar-refractivity contribution in [2.45, 2.75) is 39.2 Å². The van der Waals surface area contributed by atoms with Crippen molar-refractivity contribution in [1.82, 2.24) is 10.2 Å². The second-order valence-electron chi connectivity index (χ2n) is 5.28. The predicted octanol–water partition coefficient (Wildman–Crippen LogP) is 0.344. The molecule has 0 spiro atoms. The Morgan fingerprint density at radius 3 is 2.35 bits per heavy atom. The molecule has 5 heteroatoms.